The Kier molecular flexibility index (Phi) is 3.73. The van der Waals surface area contributed by atoms with E-state index in [9.17, 15) is 9.59 Å². The summed E-state index contributed by atoms with van der Waals surface area (Å²) >= 11 is 0. The molecule has 0 radical (unpaired) electrons. The number of nitrogens with zero attached hydrogens (tertiary/aromatic N) is 1. The molecule has 1 fully saturated rings. The number of hydrogen-bond acceptors (Lipinski definition) is 4. The van der Waals surface area contributed by atoms with Gasteiger partial charge in [-0.15, -0.1) is 0 Å². The SMILES string of the molecule is CC1(C)CN(C(=O)c2ccc(=O)[nH]c2)CC(CN)O1. The van der Waals surface area contributed by atoms with Gasteiger partial charge in [-0.2, -0.15) is 0 Å². The molecule has 1 saturated heterocycles. The summed E-state index contributed by atoms with van der Waals surface area (Å²) in [6.07, 6.45) is 1.28. The number of aromatic nitrogens is 1. The Labute approximate surface area is 111 Å². The van der Waals surface area contributed by atoms with Crippen LogP contribution < -0.4 is 11.3 Å². The summed E-state index contributed by atoms with van der Waals surface area (Å²) in [5.41, 5.74) is 5.46. The van der Waals surface area contributed by atoms with Gasteiger partial charge in [-0.25, -0.2) is 0 Å². The zero-order valence-corrected chi connectivity index (χ0v) is 11.2. The van der Waals surface area contributed by atoms with E-state index in [-0.39, 0.29) is 17.6 Å². The quantitative estimate of drug-likeness (QED) is 0.785. The van der Waals surface area contributed by atoms with E-state index in [1.54, 1.807) is 4.90 Å². The molecule has 1 aliphatic heterocycles. The second kappa shape index (κ2) is 5.14. The lowest BCUT2D eigenvalue weighted by atomic mass is 10.0. The maximum Gasteiger partial charge on any atom is 0.255 e. The minimum absolute atomic E-state index is 0.119. The number of morpholine rings is 1. The fourth-order valence-electron chi connectivity index (χ4n) is 2.30. The third kappa shape index (κ3) is 3.21. The molecule has 2 heterocycles. The van der Waals surface area contributed by atoms with Crippen LogP contribution in [0.2, 0.25) is 0 Å². The minimum atomic E-state index is -0.417. The molecule has 6 heteroatoms. The number of aromatic amines is 1. The highest BCUT2D eigenvalue weighted by Gasteiger charge is 2.35. The van der Waals surface area contributed by atoms with E-state index in [4.69, 9.17) is 10.5 Å². The van der Waals surface area contributed by atoms with Crippen molar-refractivity contribution in [1.29, 1.82) is 0 Å². The molecule has 1 unspecified atom stereocenters. The highest BCUT2D eigenvalue weighted by Crippen LogP contribution is 2.21. The Hall–Kier alpha value is -1.66. The van der Waals surface area contributed by atoms with Gasteiger partial charge < -0.3 is 20.4 Å². The van der Waals surface area contributed by atoms with E-state index in [1.807, 2.05) is 13.8 Å². The number of nitrogens with two attached hydrogens (primary N) is 1. The molecule has 1 aromatic rings. The number of carbonyl (C=O) groups is 1. The van der Waals surface area contributed by atoms with Gasteiger partial charge in [0.1, 0.15) is 0 Å². The molecule has 0 spiro atoms. The Morgan fingerprint density at radius 1 is 1.58 bits per heavy atom. The van der Waals surface area contributed by atoms with Gasteiger partial charge in [-0.3, -0.25) is 9.59 Å². The van der Waals surface area contributed by atoms with Crippen molar-refractivity contribution in [2.24, 2.45) is 5.73 Å². The molecule has 0 bridgehead atoms. The second-order valence-electron chi connectivity index (χ2n) is 5.36. The van der Waals surface area contributed by atoms with E-state index >= 15 is 0 Å². The largest absolute Gasteiger partial charge is 0.367 e. The number of H-pyrrole nitrogens is 1. The van der Waals surface area contributed by atoms with Gasteiger partial charge in [-0.05, 0) is 19.9 Å². The van der Waals surface area contributed by atoms with Gasteiger partial charge in [0.2, 0.25) is 5.56 Å². The zero-order valence-electron chi connectivity index (χ0n) is 11.2. The Morgan fingerprint density at radius 2 is 2.32 bits per heavy atom. The summed E-state index contributed by atoms with van der Waals surface area (Å²) in [6, 6.07) is 2.88. The summed E-state index contributed by atoms with van der Waals surface area (Å²) in [7, 11) is 0. The van der Waals surface area contributed by atoms with E-state index < -0.39 is 5.60 Å². The topological polar surface area (TPSA) is 88.4 Å². The molecule has 6 nitrogen and oxygen atoms in total. The van der Waals surface area contributed by atoms with Crippen LogP contribution in [0.25, 0.3) is 0 Å². The molecular formula is C13H19N3O3. The van der Waals surface area contributed by atoms with Crippen LogP contribution in [0.1, 0.15) is 24.2 Å². The Bertz CT molecular complexity index is 504. The van der Waals surface area contributed by atoms with Gasteiger partial charge in [0.15, 0.2) is 0 Å². The first-order valence-corrected chi connectivity index (χ1v) is 6.27. The molecule has 1 aromatic heterocycles. The second-order valence-corrected chi connectivity index (χ2v) is 5.36. The molecule has 1 aliphatic rings. The van der Waals surface area contributed by atoms with Crippen molar-refractivity contribution in [1.82, 2.24) is 9.88 Å². The third-order valence-corrected chi connectivity index (χ3v) is 3.06. The number of pyridine rings is 1. The summed E-state index contributed by atoms with van der Waals surface area (Å²) in [5, 5.41) is 0. The number of nitrogens with one attached hydrogen (secondary N) is 1. The summed E-state index contributed by atoms with van der Waals surface area (Å²) in [6.45, 7) is 5.21. The summed E-state index contributed by atoms with van der Waals surface area (Å²) in [4.78, 5) is 27.6. The van der Waals surface area contributed by atoms with Crippen LogP contribution in [-0.4, -0.2) is 47.1 Å². The Morgan fingerprint density at radius 3 is 2.89 bits per heavy atom. The van der Waals surface area contributed by atoms with Crippen molar-refractivity contribution < 1.29 is 9.53 Å². The van der Waals surface area contributed by atoms with E-state index in [0.717, 1.165) is 0 Å². The average molecular weight is 265 g/mol. The highest BCUT2D eigenvalue weighted by molar-refractivity contribution is 5.94. The van der Waals surface area contributed by atoms with Crippen LogP contribution in [0.5, 0.6) is 0 Å². The molecule has 104 valence electrons. The molecule has 0 aliphatic carbocycles. The molecule has 1 atom stereocenters. The third-order valence-electron chi connectivity index (χ3n) is 3.06. The van der Waals surface area contributed by atoms with Crippen molar-refractivity contribution in [3.05, 3.63) is 34.2 Å². The first-order valence-electron chi connectivity index (χ1n) is 6.27. The minimum Gasteiger partial charge on any atom is -0.367 e. The van der Waals surface area contributed by atoms with E-state index in [2.05, 4.69) is 4.98 Å². The van der Waals surface area contributed by atoms with Gasteiger partial charge in [0, 0.05) is 31.9 Å². The molecule has 1 amide bonds. The normalized spacial score (nSPS) is 22.3. The van der Waals surface area contributed by atoms with Crippen molar-refractivity contribution in [2.45, 2.75) is 25.6 Å². The van der Waals surface area contributed by atoms with Crippen LogP contribution in [0.3, 0.4) is 0 Å². The number of amides is 1. The number of carbonyl (C=O) groups excluding carboxylic acids is 1. The number of ether oxygens (including phenoxy) is 1. The number of rotatable bonds is 2. The van der Waals surface area contributed by atoms with Gasteiger partial charge in [0.25, 0.3) is 5.91 Å². The van der Waals surface area contributed by atoms with Crippen LogP contribution in [0.4, 0.5) is 0 Å². The van der Waals surface area contributed by atoms with Gasteiger partial charge >= 0.3 is 0 Å². The van der Waals surface area contributed by atoms with E-state index in [0.29, 0.717) is 25.2 Å². The van der Waals surface area contributed by atoms with Crippen LogP contribution >= 0.6 is 0 Å². The zero-order chi connectivity index (χ0) is 14.0. The van der Waals surface area contributed by atoms with Crippen molar-refractivity contribution in [2.75, 3.05) is 19.6 Å². The van der Waals surface area contributed by atoms with Crippen molar-refractivity contribution in [3.8, 4) is 0 Å². The van der Waals surface area contributed by atoms with Gasteiger partial charge in [0.05, 0.1) is 17.3 Å². The molecule has 0 aromatic carbocycles. The monoisotopic (exact) mass is 265 g/mol. The van der Waals surface area contributed by atoms with Crippen molar-refractivity contribution in [3.63, 3.8) is 0 Å². The summed E-state index contributed by atoms with van der Waals surface area (Å²) < 4.78 is 5.78. The average Bonchev–Trinajstić information content (AvgIpc) is 2.37. The fourth-order valence-corrected chi connectivity index (χ4v) is 2.30. The lowest BCUT2D eigenvalue weighted by Crippen LogP contribution is -2.56. The van der Waals surface area contributed by atoms with Crippen molar-refractivity contribution >= 4 is 5.91 Å². The predicted octanol–water partition coefficient (Wildman–Crippen LogP) is -0.0468. The first-order chi connectivity index (χ1) is 8.91. The Balaban J connectivity index is 2.18. The van der Waals surface area contributed by atoms with Crippen LogP contribution in [0, 0.1) is 0 Å². The highest BCUT2D eigenvalue weighted by atomic mass is 16.5. The molecule has 2 rings (SSSR count). The van der Waals surface area contributed by atoms with Gasteiger partial charge in [-0.1, -0.05) is 0 Å². The first kappa shape index (κ1) is 13.8. The predicted molar refractivity (Wildman–Crippen MR) is 71.0 cm³/mol. The summed E-state index contributed by atoms with van der Waals surface area (Å²) in [5.74, 6) is -0.119. The molecule has 19 heavy (non-hydrogen) atoms. The molecular weight excluding hydrogens is 246 g/mol. The lowest BCUT2D eigenvalue weighted by Gasteiger charge is -2.42. The number of hydrogen-bond donors (Lipinski definition) is 2. The maximum atomic E-state index is 12.4. The lowest BCUT2D eigenvalue weighted by molar-refractivity contribution is -0.122. The van der Waals surface area contributed by atoms with E-state index in [1.165, 1.54) is 18.3 Å². The maximum absolute atomic E-state index is 12.4. The molecule has 3 N–H and O–H groups in total. The van der Waals surface area contributed by atoms with Crippen LogP contribution in [-0.2, 0) is 4.74 Å². The molecule has 0 saturated carbocycles. The van der Waals surface area contributed by atoms with Crippen LogP contribution in [0.15, 0.2) is 23.1 Å². The fraction of sp³-hybridized carbons (Fsp3) is 0.538. The smallest absolute Gasteiger partial charge is 0.255 e. The standard InChI is InChI=1S/C13H19N3O3/c1-13(2)8-16(7-10(5-14)19-13)12(18)9-3-4-11(17)15-6-9/h3-4,6,10H,5,7-8,14H2,1-2H3,(H,15,17).